The monoisotopic (exact) mass is 276 g/mol. The SMILES string of the molecule is Cc1nc(N(C)C2CCNC2)sc1S(N)(=O)=O. The Labute approximate surface area is 105 Å². The van der Waals surface area contributed by atoms with Gasteiger partial charge in [0, 0.05) is 19.6 Å². The van der Waals surface area contributed by atoms with E-state index in [9.17, 15) is 8.42 Å². The Morgan fingerprint density at radius 1 is 1.59 bits per heavy atom. The van der Waals surface area contributed by atoms with E-state index in [1.54, 1.807) is 6.92 Å². The van der Waals surface area contributed by atoms with Gasteiger partial charge in [0.1, 0.15) is 0 Å². The number of hydrogen-bond acceptors (Lipinski definition) is 6. The van der Waals surface area contributed by atoms with Crippen molar-refractivity contribution in [3.63, 3.8) is 0 Å². The third-order valence-corrected chi connectivity index (χ3v) is 5.69. The molecule has 8 heteroatoms. The highest BCUT2D eigenvalue weighted by Crippen LogP contribution is 2.30. The van der Waals surface area contributed by atoms with E-state index >= 15 is 0 Å². The molecule has 1 aliphatic heterocycles. The van der Waals surface area contributed by atoms with Crippen LogP contribution in [0, 0.1) is 6.92 Å². The molecule has 1 aromatic heterocycles. The first kappa shape index (κ1) is 12.7. The van der Waals surface area contributed by atoms with Gasteiger partial charge in [-0.25, -0.2) is 18.5 Å². The van der Waals surface area contributed by atoms with Crippen molar-refractivity contribution in [3.8, 4) is 0 Å². The van der Waals surface area contributed by atoms with Crippen LogP contribution in [0.25, 0.3) is 0 Å². The van der Waals surface area contributed by atoms with E-state index in [2.05, 4.69) is 10.3 Å². The van der Waals surface area contributed by atoms with E-state index in [-0.39, 0.29) is 4.21 Å². The van der Waals surface area contributed by atoms with Crippen LogP contribution in [0.15, 0.2) is 4.21 Å². The van der Waals surface area contributed by atoms with Gasteiger partial charge in [0.25, 0.3) is 0 Å². The van der Waals surface area contributed by atoms with Gasteiger partial charge in [-0.2, -0.15) is 0 Å². The van der Waals surface area contributed by atoms with E-state index in [1.165, 1.54) is 0 Å². The van der Waals surface area contributed by atoms with Crippen LogP contribution < -0.4 is 15.4 Å². The van der Waals surface area contributed by atoms with Crippen molar-refractivity contribution in [2.24, 2.45) is 5.14 Å². The highest BCUT2D eigenvalue weighted by Gasteiger charge is 2.24. The number of sulfonamides is 1. The number of nitrogens with one attached hydrogen (secondary N) is 1. The van der Waals surface area contributed by atoms with Crippen molar-refractivity contribution < 1.29 is 8.42 Å². The third kappa shape index (κ3) is 2.59. The average molecular weight is 276 g/mol. The number of aromatic nitrogens is 1. The number of hydrogen-bond donors (Lipinski definition) is 2. The van der Waals surface area contributed by atoms with Crippen molar-refractivity contribution in [1.29, 1.82) is 0 Å². The molecule has 0 aliphatic carbocycles. The zero-order valence-electron chi connectivity index (χ0n) is 9.80. The Balaban J connectivity index is 2.28. The molecule has 96 valence electrons. The van der Waals surface area contributed by atoms with Gasteiger partial charge >= 0.3 is 0 Å². The highest BCUT2D eigenvalue weighted by molar-refractivity contribution is 7.91. The van der Waals surface area contributed by atoms with Crippen molar-refractivity contribution in [2.75, 3.05) is 25.0 Å². The normalized spacial score (nSPS) is 20.8. The summed E-state index contributed by atoms with van der Waals surface area (Å²) in [5.74, 6) is 0. The summed E-state index contributed by atoms with van der Waals surface area (Å²) in [7, 11) is -1.72. The van der Waals surface area contributed by atoms with Crippen molar-refractivity contribution in [2.45, 2.75) is 23.6 Å². The minimum absolute atomic E-state index is 0.158. The van der Waals surface area contributed by atoms with Crippen molar-refractivity contribution in [3.05, 3.63) is 5.69 Å². The van der Waals surface area contributed by atoms with Gasteiger partial charge < -0.3 is 10.2 Å². The quantitative estimate of drug-likeness (QED) is 0.804. The molecule has 0 aromatic carbocycles. The Kier molecular flexibility index (Phi) is 3.39. The van der Waals surface area contributed by atoms with Crippen molar-refractivity contribution >= 4 is 26.5 Å². The first-order valence-corrected chi connectivity index (χ1v) is 7.69. The standard InChI is InChI=1S/C9H16N4O2S2/c1-6-8(17(10,14)15)16-9(12-6)13(2)7-3-4-11-5-7/h7,11H,3-5H2,1-2H3,(H2,10,14,15). The second-order valence-corrected chi connectivity index (χ2v) is 6.91. The Bertz CT molecular complexity index is 505. The molecule has 17 heavy (non-hydrogen) atoms. The van der Waals surface area contributed by atoms with Crippen LogP contribution in [0.5, 0.6) is 0 Å². The van der Waals surface area contributed by atoms with Gasteiger partial charge in [0.15, 0.2) is 9.34 Å². The van der Waals surface area contributed by atoms with E-state index in [0.717, 1.165) is 30.8 Å². The molecule has 0 radical (unpaired) electrons. The van der Waals surface area contributed by atoms with Gasteiger partial charge in [-0.1, -0.05) is 11.3 Å². The molecule has 2 heterocycles. The summed E-state index contributed by atoms with van der Waals surface area (Å²) in [6.45, 7) is 3.56. The van der Waals surface area contributed by atoms with Crippen LogP contribution in [0.3, 0.4) is 0 Å². The molecular weight excluding hydrogens is 260 g/mol. The molecule has 2 rings (SSSR count). The second kappa shape index (κ2) is 4.52. The fourth-order valence-electron chi connectivity index (χ4n) is 1.91. The fraction of sp³-hybridized carbons (Fsp3) is 0.667. The number of anilines is 1. The van der Waals surface area contributed by atoms with Gasteiger partial charge in [-0.3, -0.25) is 0 Å². The van der Waals surface area contributed by atoms with Crippen LogP contribution in [0.1, 0.15) is 12.1 Å². The van der Waals surface area contributed by atoms with E-state index in [0.29, 0.717) is 16.9 Å². The molecule has 0 spiro atoms. The molecular formula is C9H16N4O2S2. The lowest BCUT2D eigenvalue weighted by molar-refractivity contribution is 0.599. The molecule has 1 aromatic rings. The van der Waals surface area contributed by atoms with Crippen LogP contribution in [0.2, 0.25) is 0 Å². The minimum atomic E-state index is -3.66. The molecule has 1 unspecified atom stereocenters. The third-order valence-electron chi connectivity index (χ3n) is 2.88. The number of nitrogens with two attached hydrogens (primary N) is 1. The number of likely N-dealkylation sites (N-methyl/N-ethyl adjacent to an activating group) is 1. The topological polar surface area (TPSA) is 88.3 Å². The summed E-state index contributed by atoms with van der Waals surface area (Å²) in [6, 6.07) is 0.369. The second-order valence-electron chi connectivity index (χ2n) is 4.17. The summed E-state index contributed by atoms with van der Waals surface area (Å²) >= 11 is 1.14. The summed E-state index contributed by atoms with van der Waals surface area (Å²) < 4.78 is 22.8. The Hall–Kier alpha value is -0.700. The summed E-state index contributed by atoms with van der Waals surface area (Å²) in [4.78, 5) is 6.30. The number of nitrogens with zero attached hydrogens (tertiary/aromatic N) is 2. The summed E-state index contributed by atoms with van der Waals surface area (Å²) in [5.41, 5.74) is 0.477. The molecule has 0 saturated carbocycles. The predicted molar refractivity (Wildman–Crippen MR) is 67.9 cm³/mol. The molecule has 3 N–H and O–H groups in total. The minimum Gasteiger partial charge on any atom is -0.347 e. The van der Waals surface area contributed by atoms with Crippen molar-refractivity contribution in [1.82, 2.24) is 10.3 Å². The summed E-state index contributed by atoms with van der Waals surface area (Å²) in [6.07, 6.45) is 1.04. The molecule has 1 saturated heterocycles. The lowest BCUT2D eigenvalue weighted by Crippen LogP contribution is -2.33. The maximum Gasteiger partial charge on any atom is 0.249 e. The van der Waals surface area contributed by atoms with Gasteiger partial charge in [0.05, 0.1) is 5.69 Å². The van der Waals surface area contributed by atoms with E-state index < -0.39 is 10.0 Å². The smallest absolute Gasteiger partial charge is 0.249 e. The fourth-order valence-corrected chi connectivity index (χ4v) is 3.89. The summed E-state index contributed by atoms with van der Waals surface area (Å²) in [5, 5.41) is 9.11. The van der Waals surface area contributed by atoms with Gasteiger partial charge in [-0.05, 0) is 19.9 Å². The van der Waals surface area contributed by atoms with Crippen LogP contribution in [-0.4, -0.2) is 39.6 Å². The molecule has 0 bridgehead atoms. The zero-order valence-corrected chi connectivity index (χ0v) is 11.4. The number of aryl methyl sites for hydroxylation is 1. The largest absolute Gasteiger partial charge is 0.347 e. The highest BCUT2D eigenvalue weighted by atomic mass is 32.2. The predicted octanol–water partition coefficient (Wildman–Crippen LogP) is -0.103. The molecule has 6 nitrogen and oxygen atoms in total. The first-order valence-electron chi connectivity index (χ1n) is 5.33. The number of primary sulfonamides is 1. The maximum atomic E-state index is 11.3. The van der Waals surface area contributed by atoms with Gasteiger partial charge in [-0.15, -0.1) is 0 Å². The maximum absolute atomic E-state index is 11.3. The van der Waals surface area contributed by atoms with E-state index in [1.807, 2.05) is 11.9 Å². The van der Waals surface area contributed by atoms with E-state index in [4.69, 9.17) is 5.14 Å². The van der Waals surface area contributed by atoms with Gasteiger partial charge in [0.2, 0.25) is 10.0 Å². The Morgan fingerprint density at radius 3 is 2.76 bits per heavy atom. The number of rotatable bonds is 3. The lowest BCUT2D eigenvalue weighted by atomic mass is 10.2. The molecule has 0 amide bonds. The van der Waals surface area contributed by atoms with Crippen LogP contribution in [-0.2, 0) is 10.0 Å². The average Bonchev–Trinajstić information content (AvgIpc) is 2.83. The first-order chi connectivity index (χ1) is 7.89. The van der Waals surface area contributed by atoms with Crippen LogP contribution in [0.4, 0.5) is 5.13 Å². The molecule has 1 atom stereocenters. The van der Waals surface area contributed by atoms with Crippen LogP contribution >= 0.6 is 11.3 Å². The zero-order chi connectivity index (χ0) is 12.6. The number of thiazole rings is 1. The Morgan fingerprint density at radius 2 is 2.29 bits per heavy atom. The lowest BCUT2D eigenvalue weighted by Gasteiger charge is -2.22. The molecule has 1 fully saturated rings. The molecule has 1 aliphatic rings.